The van der Waals surface area contributed by atoms with Gasteiger partial charge in [-0.25, -0.2) is 4.98 Å². The molecule has 6 heteroatoms. The van der Waals surface area contributed by atoms with Crippen molar-refractivity contribution in [1.29, 1.82) is 5.41 Å². The van der Waals surface area contributed by atoms with Gasteiger partial charge < -0.3 is 15.2 Å². The van der Waals surface area contributed by atoms with E-state index in [2.05, 4.69) is 4.98 Å². The number of hydrogen-bond acceptors (Lipinski definition) is 4. The molecular weight excluding hydrogens is 254 g/mol. The average molecular weight is 277 g/mol. The zero-order valence-electron chi connectivity index (χ0n) is 12.2. The third-order valence-electron chi connectivity index (χ3n) is 4.18. The van der Waals surface area contributed by atoms with Crippen molar-refractivity contribution in [2.45, 2.75) is 39.7 Å². The Kier molecular flexibility index (Phi) is 4.11. The fourth-order valence-electron chi connectivity index (χ4n) is 2.55. The molecule has 1 aromatic rings. The minimum absolute atomic E-state index is 0.0271. The first-order valence-electron chi connectivity index (χ1n) is 7.13. The molecule has 0 amide bonds. The topological polar surface area (TPSA) is 88.0 Å². The molecule has 0 aromatic carbocycles. The molecule has 1 aliphatic rings. The van der Waals surface area contributed by atoms with Crippen LogP contribution in [0.2, 0.25) is 0 Å². The zero-order valence-corrected chi connectivity index (χ0v) is 12.2. The molecule has 0 saturated carbocycles. The second-order valence-corrected chi connectivity index (χ2v) is 5.71. The summed E-state index contributed by atoms with van der Waals surface area (Å²) in [7, 11) is 0. The summed E-state index contributed by atoms with van der Waals surface area (Å²) in [5.41, 5.74) is 5.39. The second kappa shape index (κ2) is 5.64. The fourth-order valence-corrected chi connectivity index (χ4v) is 2.55. The average Bonchev–Trinajstić information content (AvgIpc) is 2.42. The van der Waals surface area contributed by atoms with E-state index >= 15 is 0 Å². The van der Waals surface area contributed by atoms with Crippen molar-refractivity contribution in [3.63, 3.8) is 0 Å². The highest BCUT2D eigenvalue weighted by Crippen LogP contribution is 2.31. The molecule has 110 valence electrons. The Bertz CT molecular complexity index is 543. The Morgan fingerprint density at radius 3 is 2.70 bits per heavy atom. The summed E-state index contributed by atoms with van der Waals surface area (Å²) in [5, 5.41) is 7.66. The number of piperidine rings is 1. The molecular formula is C14H23N5O. The largest absolute Gasteiger partial charge is 0.387 e. The molecule has 1 saturated heterocycles. The maximum absolute atomic E-state index is 12.3. The summed E-state index contributed by atoms with van der Waals surface area (Å²) >= 11 is 0. The van der Waals surface area contributed by atoms with Gasteiger partial charge in [0.15, 0.2) is 5.82 Å². The van der Waals surface area contributed by atoms with Crippen molar-refractivity contribution >= 4 is 11.7 Å². The molecule has 0 radical (unpaired) electrons. The number of nitrogens with one attached hydrogen (secondary N) is 1. The lowest BCUT2D eigenvalue weighted by Crippen LogP contribution is -2.47. The van der Waals surface area contributed by atoms with Gasteiger partial charge in [0.2, 0.25) is 0 Å². The molecule has 2 rings (SSSR count). The number of anilines is 1. The predicted octanol–water partition coefficient (Wildman–Crippen LogP) is 1.20. The van der Waals surface area contributed by atoms with Crippen molar-refractivity contribution in [2.24, 2.45) is 11.1 Å². The van der Waals surface area contributed by atoms with Crippen LogP contribution in [-0.2, 0) is 6.54 Å². The number of nitrogens with zero attached hydrogens (tertiary/aromatic N) is 3. The quantitative estimate of drug-likeness (QED) is 0.639. The van der Waals surface area contributed by atoms with E-state index in [9.17, 15) is 4.79 Å². The zero-order chi connectivity index (χ0) is 14.8. The van der Waals surface area contributed by atoms with Crippen LogP contribution < -0.4 is 16.2 Å². The second-order valence-electron chi connectivity index (χ2n) is 5.71. The normalized spacial score (nSPS) is 18.0. The van der Waals surface area contributed by atoms with Crippen molar-refractivity contribution < 1.29 is 0 Å². The van der Waals surface area contributed by atoms with Crippen LogP contribution in [0.25, 0.3) is 0 Å². The molecule has 0 spiro atoms. The molecule has 0 atom stereocenters. The standard InChI is InChI=1S/C14H23N5O/c1-3-7-19-10-6-17-11(12(19)20)18-8-4-14(2,5-9-18)13(15)16/h6,10H,3-5,7-9H2,1-2H3,(H3,15,16). The van der Waals surface area contributed by atoms with E-state index in [4.69, 9.17) is 11.1 Å². The van der Waals surface area contributed by atoms with Gasteiger partial charge in [-0.3, -0.25) is 10.2 Å². The number of rotatable bonds is 4. The molecule has 3 N–H and O–H groups in total. The monoisotopic (exact) mass is 277 g/mol. The van der Waals surface area contributed by atoms with E-state index < -0.39 is 0 Å². The molecule has 6 nitrogen and oxygen atoms in total. The number of aromatic nitrogens is 2. The Balaban J connectivity index is 2.17. The first kappa shape index (κ1) is 14.6. The summed E-state index contributed by atoms with van der Waals surface area (Å²) in [6, 6.07) is 0. The third-order valence-corrected chi connectivity index (χ3v) is 4.18. The van der Waals surface area contributed by atoms with Gasteiger partial charge in [0.25, 0.3) is 5.56 Å². The highest BCUT2D eigenvalue weighted by atomic mass is 16.1. The van der Waals surface area contributed by atoms with Crippen molar-refractivity contribution in [1.82, 2.24) is 9.55 Å². The SMILES string of the molecule is CCCn1ccnc(N2CCC(C)(C(=N)N)CC2)c1=O. The molecule has 20 heavy (non-hydrogen) atoms. The van der Waals surface area contributed by atoms with Crippen LogP contribution in [0.1, 0.15) is 33.1 Å². The molecule has 1 fully saturated rings. The van der Waals surface area contributed by atoms with Gasteiger partial charge in [0, 0.05) is 37.4 Å². The Morgan fingerprint density at radius 1 is 1.50 bits per heavy atom. The van der Waals surface area contributed by atoms with Crippen molar-refractivity contribution in [2.75, 3.05) is 18.0 Å². The third kappa shape index (κ3) is 2.69. The van der Waals surface area contributed by atoms with Crippen LogP contribution in [0.5, 0.6) is 0 Å². The minimum Gasteiger partial charge on any atom is -0.387 e. The van der Waals surface area contributed by atoms with E-state index in [0.717, 1.165) is 19.3 Å². The van der Waals surface area contributed by atoms with Gasteiger partial charge in [0.1, 0.15) is 0 Å². The summed E-state index contributed by atoms with van der Waals surface area (Å²) in [6.07, 6.45) is 5.91. The van der Waals surface area contributed by atoms with E-state index in [-0.39, 0.29) is 16.8 Å². The maximum atomic E-state index is 12.3. The van der Waals surface area contributed by atoms with Crippen molar-refractivity contribution in [3.8, 4) is 0 Å². The fraction of sp³-hybridized carbons (Fsp3) is 0.643. The minimum atomic E-state index is -0.242. The lowest BCUT2D eigenvalue weighted by molar-refractivity contribution is 0.349. The van der Waals surface area contributed by atoms with Crippen LogP contribution in [-0.4, -0.2) is 28.5 Å². The first-order chi connectivity index (χ1) is 9.48. The van der Waals surface area contributed by atoms with Crippen molar-refractivity contribution in [3.05, 3.63) is 22.7 Å². The molecule has 1 aliphatic heterocycles. The number of hydrogen-bond donors (Lipinski definition) is 2. The predicted molar refractivity (Wildman–Crippen MR) is 80.3 cm³/mol. The molecule has 1 aromatic heterocycles. The highest BCUT2D eigenvalue weighted by molar-refractivity contribution is 5.83. The summed E-state index contributed by atoms with van der Waals surface area (Å²) < 4.78 is 1.71. The Labute approximate surface area is 119 Å². The summed E-state index contributed by atoms with van der Waals surface area (Å²) in [6.45, 7) is 6.21. The smallest absolute Gasteiger partial charge is 0.293 e. The first-order valence-corrected chi connectivity index (χ1v) is 7.13. The van der Waals surface area contributed by atoms with Gasteiger partial charge >= 0.3 is 0 Å². The lowest BCUT2D eigenvalue weighted by atomic mass is 9.79. The van der Waals surface area contributed by atoms with Gasteiger partial charge in [-0.2, -0.15) is 0 Å². The summed E-state index contributed by atoms with van der Waals surface area (Å²) in [4.78, 5) is 18.6. The van der Waals surface area contributed by atoms with Crippen LogP contribution in [0.4, 0.5) is 5.82 Å². The number of amidine groups is 1. The maximum Gasteiger partial charge on any atom is 0.293 e. The van der Waals surface area contributed by atoms with E-state index in [1.54, 1.807) is 17.0 Å². The van der Waals surface area contributed by atoms with Crippen LogP contribution in [0.3, 0.4) is 0 Å². The van der Waals surface area contributed by atoms with Gasteiger partial charge in [0.05, 0.1) is 5.84 Å². The lowest BCUT2D eigenvalue weighted by Gasteiger charge is -2.38. The van der Waals surface area contributed by atoms with Gasteiger partial charge in [-0.1, -0.05) is 13.8 Å². The molecule has 0 unspecified atom stereocenters. The highest BCUT2D eigenvalue weighted by Gasteiger charge is 2.33. The molecule has 0 aliphatic carbocycles. The molecule has 0 bridgehead atoms. The summed E-state index contributed by atoms with van der Waals surface area (Å²) in [5.74, 6) is 0.758. The number of aryl methyl sites for hydroxylation is 1. The van der Waals surface area contributed by atoms with E-state index in [1.165, 1.54) is 0 Å². The van der Waals surface area contributed by atoms with E-state index in [0.29, 0.717) is 25.5 Å². The van der Waals surface area contributed by atoms with Gasteiger partial charge in [-0.15, -0.1) is 0 Å². The van der Waals surface area contributed by atoms with Crippen LogP contribution in [0.15, 0.2) is 17.2 Å². The van der Waals surface area contributed by atoms with Crippen LogP contribution in [0, 0.1) is 10.8 Å². The number of nitrogens with two attached hydrogens (primary N) is 1. The molecule has 2 heterocycles. The Hall–Kier alpha value is -1.85. The van der Waals surface area contributed by atoms with E-state index in [1.807, 2.05) is 18.7 Å². The Morgan fingerprint density at radius 2 is 2.15 bits per heavy atom. The van der Waals surface area contributed by atoms with Gasteiger partial charge in [-0.05, 0) is 19.3 Å². The van der Waals surface area contributed by atoms with Crippen LogP contribution >= 0.6 is 0 Å².